The molecule has 0 radical (unpaired) electrons. The molecule has 0 aliphatic rings. The number of nitro groups is 1. The molecule has 2 aromatic rings. The number of hydrogen-bond acceptors (Lipinski definition) is 6. The van der Waals surface area contributed by atoms with Crippen LogP contribution in [0.1, 0.15) is 22.7 Å². The molecule has 1 heterocycles. The van der Waals surface area contributed by atoms with E-state index < -0.39 is 20.6 Å². The number of nitrogens with one attached hydrogen (secondary N) is 1. The summed E-state index contributed by atoms with van der Waals surface area (Å²) in [4.78, 5) is 15.2. The molecular formula is C13H15N3O4S2. The van der Waals surface area contributed by atoms with Gasteiger partial charge in [-0.1, -0.05) is 19.1 Å². The van der Waals surface area contributed by atoms with Crippen LogP contribution in [0.2, 0.25) is 0 Å². The topological polar surface area (TPSA) is 102 Å². The third kappa shape index (κ3) is 3.67. The van der Waals surface area contributed by atoms with Crippen LogP contribution in [0.4, 0.5) is 5.69 Å². The summed E-state index contributed by atoms with van der Waals surface area (Å²) in [6.45, 7) is 3.90. The maximum atomic E-state index is 12.3. The smallest absolute Gasteiger partial charge is 0.258 e. The molecule has 1 aromatic heterocycles. The van der Waals surface area contributed by atoms with Crippen LogP contribution in [-0.2, 0) is 10.0 Å². The lowest BCUT2D eigenvalue weighted by Crippen LogP contribution is -2.28. The van der Waals surface area contributed by atoms with E-state index in [0.717, 1.165) is 9.88 Å². The normalized spacial score (nSPS) is 13.0. The molecule has 1 N–H and O–H groups in total. The highest BCUT2D eigenvalue weighted by molar-refractivity contribution is 7.89. The lowest BCUT2D eigenvalue weighted by molar-refractivity contribution is -0.387. The molecule has 118 valence electrons. The van der Waals surface area contributed by atoms with E-state index in [1.165, 1.54) is 35.6 Å². The Kier molecular flexibility index (Phi) is 4.89. The highest BCUT2D eigenvalue weighted by Gasteiger charge is 2.25. The number of nitrogens with zero attached hydrogens (tertiary/aromatic N) is 2. The van der Waals surface area contributed by atoms with Crippen LogP contribution in [-0.4, -0.2) is 24.9 Å². The van der Waals surface area contributed by atoms with Gasteiger partial charge in [0.15, 0.2) is 4.90 Å². The van der Waals surface area contributed by atoms with Crippen molar-refractivity contribution in [3.05, 3.63) is 50.5 Å². The Balaban J connectivity index is 2.17. The van der Waals surface area contributed by atoms with Gasteiger partial charge in [0.1, 0.15) is 0 Å². The second kappa shape index (κ2) is 6.51. The number of aryl methyl sites for hydroxylation is 1. The van der Waals surface area contributed by atoms with Crippen molar-refractivity contribution in [1.29, 1.82) is 0 Å². The largest absolute Gasteiger partial charge is 0.289 e. The number of para-hydroxylation sites is 1. The van der Waals surface area contributed by atoms with Crippen molar-refractivity contribution in [2.24, 2.45) is 0 Å². The maximum Gasteiger partial charge on any atom is 0.289 e. The molecule has 0 spiro atoms. The van der Waals surface area contributed by atoms with E-state index in [2.05, 4.69) is 9.71 Å². The summed E-state index contributed by atoms with van der Waals surface area (Å²) >= 11 is 1.50. The van der Waals surface area contributed by atoms with Crippen molar-refractivity contribution in [2.45, 2.75) is 24.7 Å². The molecule has 22 heavy (non-hydrogen) atoms. The number of benzene rings is 1. The molecule has 0 saturated carbocycles. The Morgan fingerprint density at radius 1 is 1.41 bits per heavy atom. The first-order valence-electron chi connectivity index (χ1n) is 6.46. The molecule has 0 bridgehead atoms. The predicted octanol–water partition coefficient (Wildman–Crippen LogP) is 2.44. The van der Waals surface area contributed by atoms with E-state index in [0.29, 0.717) is 0 Å². The minimum atomic E-state index is -3.95. The average Bonchev–Trinajstić information content (AvgIpc) is 2.91. The van der Waals surface area contributed by atoms with Crippen molar-refractivity contribution in [3.8, 4) is 0 Å². The lowest BCUT2D eigenvalue weighted by Gasteiger charge is -2.11. The molecule has 0 fully saturated rings. The average molecular weight is 341 g/mol. The lowest BCUT2D eigenvalue weighted by atomic mass is 10.2. The van der Waals surface area contributed by atoms with Gasteiger partial charge in [0.25, 0.3) is 5.69 Å². The molecule has 9 heteroatoms. The Labute approximate surface area is 132 Å². The Hall–Kier alpha value is -1.84. The zero-order valence-corrected chi connectivity index (χ0v) is 13.6. The summed E-state index contributed by atoms with van der Waals surface area (Å²) < 4.78 is 26.9. The van der Waals surface area contributed by atoms with Crippen molar-refractivity contribution in [1.82, 2.24) is 9.71 Å². The van der Waals surface area contributed by atoms with Gasteiger partial charge in [0.05, 0.1) is 9.93 Å². The third-order valence-electron chi connectivity index (χ3n) is 2.99. The number of sulfonamides is 1. The van der Waals surface area contributed by atoms with Crippen molar-refractivity contribution < 1.29 is 13.3 Å². The molecule has 0 aliphatic heterocycles. The Morgan fingerprint density at radius 3 is 2.68 bits per heavy atom. The van der Waals surface area contributed by atoms with E-state index >= 15 is 0 Å². The number of aromatic nitrogens is 1. The van der Waals surface area contributed by atoms with Crippen LogP contribution in [0.25, 0.3) is 0 Å². The van der Waals surface area contributed by atoms with Crippen molar-refractivity contribution in [3.63, 3.8) is 0 Å². The molecule has 0 aliphatic carbocycles. The van der Waals surface area contributed by atoms with Gasteiger partial charge >= 0.3 is 0 Å². The molecular weight excluding hydrogens is 326 g/mol. The molecule has 1 atom stereocenters. The summed E-state index contributed by atoms with van der Waals surface area (Å²) in [5.74, 6) is -0.115. The van der Waals surface area contributed by atoms with Crippen LogP contribution in [0.3, 0.4) is 0 Å². The van der Waals surface area contributed by atoms with Crippen LogP contribution >= 0.6 is 11.3 Å². The molecule has 2 rings (SSSR count). The van der Waals surface area contributed by atoms with E-state index in [-0.39, 0.29) is 17.4 Å². The van der Waals surface area contributed by atoms with Crippen LogP contribution < -0.4 is 4.72 Å². The summed E-state index contributed by atoms with van der Waals surface area (Å²) in [6.07, 6.45) is 1.73. The fraction of sp³-hybridized carbons (Fsp3) is 0.308. The molecule has 0 saturated heterocycles. The van der Waals surface area contributed by atoms with Gasteiger partial charge < -0.3 is 0 Å². The zero-order valence-electron chi connectivity index (χ0n) is 12.0. The van der Waals surface area contributed by atoms with Crippen LogP contribution in [0.15, 0.2) is 35.4 Å². The van der Waals surface area contributed by atoms with E-state index in [9.17, 15) is 18.5 Å². The number of thiazole rings is 1. The Morgan fingerprint density at radius 2 is 2.09 bits per heavy atom. The van der Waals surface area contributed by atoms with Crippen molar-refractivity contribution in [2.75, 3.05) is 6.54 Å². The van der Waals surface area contributed by atoms with E-state index in [1.54, 1.807) is 6.20 Å². The standard InChI is InChI=1S/C13H15N3O4S2/c1-9(13-14-8-10(2)21-13)7-15-22(19,20)12-6-4-3-5-11(12)16(17)18/h3-6,8-9,15H,7H2,1-2H3/t9-/m1/s1. The van der Waals surface area contributed by atoms with E-state index in [4.69, 9.17) is 0 Å². The number of rotatable bonds is 6. The Bertz CT molecular complexity index is 786. The predicted molar refractivity (Wildman–Crippen MR) is 83.6 cm³/mol. The minimum absolute atomic E-state index is 0.115. The molecule has 0 amide bonds. The van der Waals surface area contributed by atoms with Gasteiger partial charge in [0, 0.05) is 29.6 Å². The monoisotopic (exact) mass is 341 g/mol. The van der Waals surface area contributed by atoms with Gasteiger partial charge in [-0.2, -0.15) is 0 Å². The number of hydrogen-bond donors (Lipinski definition) is 1. The summed E-state index contributed by atoms with van der Waals surface area (Å²) in [6, 6.07) is 5.27. The first-order chi connectivity index (χ1) is 10.3. The SMILES string of the molecule is Cc1cnc([C@H](C)CNS(=O)(=O)c2ccccc2[N+](=O)[O-])s1. The third-order valence-corrected chi connectivity index (χ3v) is 5.61. The molecule has 1 aromatic carbocycles. The second-order valence-corrected chi connectivity index (χ2v) is 7.79. The fourth-order valence-corrected chi connectivity index (χ4v) is 3.96. The van der Waals surface area contributed by atoms with Gasteiger partial charge in [0.2, 0.25) is 10.0 Å². The van der Waals surface area contributed by atoms with Gasteiger partial charge in [-0.05, 0) is 13.0 Å². The highest BCUT2D eigenvalue weighted by Crippen LogP contribution is 2.24. The molecule has 0 unspecified atom stereocenters. The quantitative estimate of drug-likeness (QED) is 0.642. The first-order valence-corrected chi connectivity index (χ1v) is 8.76. The summed E-state index contributed by atoms with van der Waals surface area (Å²) in [5, 5.41) is 11.8. The van der Waals surface area contributed by atoms with Crippen LogP contribution in [0.5, 0.6) is 0 Å². The maximum absolute atomic E-state index is 12.3. The summed E-state index contributed by atoms with van der Waals surface area (Å²) in [5.41, 5.74) is -0.437. The fourth-order valence-electron chi connectivity index (χ4n) is 1.84. The minimum Gasteiger partial charge on any atom is -0.258 e. The van der Waals surface area contributed by atoms with Gasteiger partial charge in [-0.25, -0.2) is 18.1 Å². The van der Waals surface area contributed by atoms with Gasteiger partial charge in [-0.3, -0.25) is 10.1 Å². The molecule has 7 nitrogen and oxygen atoms in total. The summed E-state index contributed by atoms with van der Waals surface area (Å²) in [7, 11) is -3.95. The zero-order chi connectivity index (χ0) is 16.3. The number of nitro benzene ring substituents is 1. The highest BCUT2D eigenvalue weighted by atomic mass is 32.2. The van der Waals surface area contributed by atoms with Crippen LogP contribution in [0, 0.1) is 17.0 Å². The second-order valence-electron chi connectivity index (χ2n) is 4.79. The van der Waals surface area contributed by atoms with E-state index in [1.807, 2.05) is 13.8 Å². The van der Waals surface area contributed by atoms with Crippen molar-refractivity contribution >= 4 is 27.0 Å². The van der Waals surface area contributed by atoms with Gasteiger partial charge in [-0.15, -0.1) is 11.3 Å². The first kappa shape index (κ1) is 16.5.